The average Bonchev–Trinajstić information content (AvgIpc) is 3.05. The molecule has 1 unspecified atom stereocenters. The van der Waals surface area contributed by atoms with Gasteiger partial charge in [-0.2, -0.15) is 0 Å². The summed E-state index contributed by atoms with van der Waals surface area (Å²) >= 11 is 1.58. The molecule has 1 aliphatic heterocycles. The molecule has 0 fully saturated rings. The zero-order valence-electron chi connectivity index (χ0n) is 12.1. The van der Waals surface area contributed by atoms with Crippen molar-refractivity contribution in [1.29, 1.82) is 0 Å². The van der Waals surface area contributed by atoms with Crippen LogP contribution in [0.25, 0.3) is 0 Å². The van der Waals surface area contributed by atoms with Crippen LogP contribution in [-0.2, 0) is 6.42 Å². The van der Waals surface area contributed by atoms with Gasteiger partial charge in [0.15, 0.2) is 0 Å². The lowest BCUT2D eigenvalue weighted by atomic mass is 10.1. The first-order valence-corrected chi connectivity index (χ1v) is 8.02. The molecule has 1 aromatic heterocycles. The van der Waals surface area contributed by atoms with Gasteiger partial charge in [0.1, 0.15) is 10.0 Å². The predicted octanol–water partition coefficient (Wildman–Crippen LogP) is 2.53. The molecule has 0 spiro atoms. The number of amides is 2. The van der Waals surface area contributed by atoms with E-state index in [1.165, 1.54) is 0 Å². The Balaban J connectivity index is 1.74. The van der Waals surface area contributed by atoms with Crippen molar-refractivity contribution in [2.24, 2.45) is 0 Å². The second kappa shape index (κ2) is 7.38. The molecule has 0 radical (unpaired) electrons. The van der Waals surface area contributed by atoms with Gasteiger partial charge in [-0.3, -0.25) is 0 Å². The van der Waals surface area contributed by atoms with Crippen LogP contribution in [0.1, 0.15) is 36.2 Å². The summed E-state index contributed by atoms with van der Waals surface area (Å²) in [4.78, 5) is 14.1. The summed E-state index contributed by atoms with van der Waals surface area (Å²) in [7, 11) is 0. The lowest BCUT2D eigenvalue weighted by Gasteiger charge is -2.24. The number of aromatic nitrogens is 2. The number of hydrogen-bond donors (Lipinski definition) is 1. The Morgan fingerprint density at radius 1 is 1.55 bits per heavy atom. The lowest BCUT2D eigenvalue weighted by Crippen LogP contribution is -2.43. The van der Waals surface area contributed by atoms with Crippen molar-refractivity contribution in [3.8, 4) is 0 Å². The third kappa shape index (κ3) is 4.03. The van der Waals surface area contributed by atoms with Crippen molar-refractivity contribution in [2.45, 2.75) is 45.6 Å². The third-order valence-corrected chi connectivity index (χ3v) is 4.26. The molecule has 2 heterocycles. The van der Waals surface area contributed by atoms with Crippen LogP contribution in [0.4, 0.5) is 4.79 Å². The van der Waals surface area contributed by atoms with Gasteiger partial charge in [-0.1, -0.05) is 31.9 Å². The van der Waals surface area contributed by atoms with Crippen LogP contribution in [0.5, 0.6) is 0 Å². The fourth-order valence-corrected chi connectivity index (χ4v) is 2.99. The Morgan fingerprint density at radius 3 is 3.10 bits per heavy atom. The van der Waals surface area contributed by atoms with Gasteiger partial charge >= 0.3 is 6.03 Å². The molecule has 1 atom stereocenters. The first-order valence-electron chi connectivity index (χ1n) is 7.20. The molecule has 5 nitrogen and oxygen atoms in total. The fourth-order valence-electron chi connectivity index (χ4n) is 2.29. The van der Waals surface area contributed by atoms with Crippen molar-refractivity contribution >= 4 is 17.4 Å². The van der Waals surface area contributed by atoms with Gasteiger partial charge in [-0.15, -0.1) is 21.5 Å². The highest BCUT2D eigenvalue weighted by atomic mass is 32.1. The lowest BCUT2D eigenvalue weighted by molar-refractivity contribution is 0.194. The van der Waals surface area contributed by atoms with E-state index in [1.54, 1.807) is 11.3 Å². The molecule has 0 bridgehead atoms. The molecule has 6 heteroatoms. The fraction of sp³-hybridized carbons (Fsp3) is 0.643. The minimum absolute atomic E-state index is 0.0253. The summed E-state index contributed by atoms with van der Waals surface area (Å²) < 4.78 is 0. The molecule has 1 N–H and O–H groups in total. The number of nitrogens with zero attached hydrogens (tertiary/aromatic N) is 3. The highest BCUT2D eigenvalue weighted by Crippen LogP contribution is 2.16. The Bertz CT molecular complexity index is 471. The van der Waals surface area contributed by atoms with Crippen molar-refractivity contribution < 1.29 is 4.79 Å². The second-order valence-corrected chi connectivity index (χ2v) is 6.25. The number of rotatable bonds is 6. The van der Waals surface area contributed by atoms with E-state index in [4.69, 9.17) is 0 Å². The Kier molecular flexibility index (Phi) is 5.52. The quantitative estimate of drug-likeness (QED) is 0.820. The van der Waals surface area contributed by atoms with Crippen LogP contribution in [-0.4, -0.2) is 40.3 Å². The van der Waals surface area contributed by atoms with Crippen molar-refractivity contribution in [2.75, 3.05) is 13.1 Å². The average molecular weight is 294 g/mol. The first-order chi connectivity index (χ1) is 9.70. The molecule has 1 aliphatic rings. The van der Waals surface area contributed by atoms with Crippen LogP contribution in [0.15, 0.2) is 12.2 Å². The number of urea groups is 1. The zero-order chi connectivity index (χ0) is 14.4. The van der Waals surface area contributed by atoms with Crippen LogP contribution in [0.2, 0.25) is 0 Å². The number of carbonyl (C=O) groups excluding carboxylic acids is 1. The third-order valence-electron chi connectivity index (χ3n) is 3.36. The molecule has 0 aromatic carbocycles. The number of carbonyl (C=O) groups is 1. The summed E-state index contributed by atoms with van der Waals surface area (Å²) in [5.41, 5.74) is 0. The molecular weight excluding hydrogens is 272 g/mol. The van der Waals surface area contributed by atoms with E-state index in [0.29, 0.717) is 6.54 Å². The predicted molar refractivity (Wildman–Crippen MR) is 80.9 cm³/mol. The topological polar surface area (TPSA) is 58.1 Å². The van der Waals surface area contributed by atoms with Crippen molar-refractivity contribution in [3.63, 3.8) is 0 Å². The van der Waals surface area contributed by atoms with E-state index in [1.807, 2.05) is 11.8 Å². The zero-order valence-corrected chi connectivity index (χ0v) is 12.9. The van der Waals surface area contributed by atoms with Gasteiger partial charge in [0.05, 0.1) is 6.04 Å². The van der Waals surface area contributed by atoms with Gasteiger partial charge < -0.3 is 10.2 Å². The molecule has 20 heavy (non-hydrogen) atoms. The molecule has 1 aromatic rings. The summed E-state index contributed by atoms with van der Waals surface area (Å²) in [6, 6.07) is 0.288. The Labute approximate surface area is 124 Å². The number of aryl methyl sites for hydroxylation is 1. The van der Waals surface area contributed by atoms with Crippen molar-refractivity contribution in [3.05, 3.63) is 22.2 Å². The van der Waals surface area contributed by atoms with Crippen LogP contribution in [0, 0.1) is 6.92 Å². The van der Waals surface area contributed by atoms with Gasteiger partial charge in [0.25, 0.3) is 0 Å². The Hall–Kier alpha value is -1.43. The summed E-state index contributed by atoms with van der Waals surface area (Å²) in [6.07, 6.45) is 8.34. The van der Waals surface area contributed by atoms with Crippen LogP contribution >= 0.6 is 11.3 Å². The molecule has 2 rings (SSSR count). The number of unbranched alkanes of at least 4 members (excludes halogenated alkanes) is 1. The minimum Gasteiger partial charge on any atom is -0.338 e. The molecule has 0 aliphatic carbocycles. The van der Waals surface area contributed by atoms with E-state index >= 15 is 0 Å². The summed E-state index contributed by atoms with van der Waals surface area (Å²) in [5, 5.41) is 12.9. The largest absolute Gasteiger partial charge is 0.338 e. The molecular formula is C14H22N4OS. The highest BCUT2D eigenvalue weighted by molar-refractivity contribution is 7.11. The maximum absolute atomic E-state index is 12.2. The van der Waals surface area contributed by atoms with E-state index in [-0.39, 0.29) is 12.1 Å². The van der Waals surface area contributed by atoms with Gasteiger partial charge in [-0.25, -0.2) is 4.79 Å². The first kappa shape index (κ1) is 15.0. The van der Waals surface area contributed by atoms with E-state index in [2.05, 4.69) is 34.6 Å². The number of hydrogen-bond acceptors (Lipinski definition) is 4. The maximum Gasteiger partial charge on any atom is 0.318 e. The number of nitrogens with one attached hydrogen (secondary N) is 1. The highest BCUT2D eigenvalue weighted by Gasteiger charge is 2.23. The SMILES string of the molecule is CCCCC1C=CCN1C(=O)NCCc1nnc(C)s1. The second-order valence-electron chi connectivity index (χ2n) is 4.99. The van der Waals surface area contributed by atoms with E-state index in [9.17, 15) is 4.79 Å². The van der Waals surface area contributed by atoms with Crippen LogP contribution < -0.4 is 5.32 Å². The van der Waals surface area contributed by atoms with Gasteiger partial charge in [0.2, 0.25) is 0 Å². The van der Waals surface area contributed by atoms with E-state index in [0.717, 1.165) is 42.2 Å². The summed E-state index contributed by atoms with van der Waals surface area (Å²) in [6.45, 7) is 5.45. The van der Waals surface area contributed by atoms with Gasteiger partial charge in [-0.05, 0) is 13.3 Å². The molecule has 0 saturated carbocycles. The van der Waals surface area contributed by atoms with Gasteiger partial charge in [0, 0.05) is 19.5 Å². The smallest absolute Gasteiger partial charge is 0.318 e. The van der Waals surface area contributed by atoms with Crippen LogP contribution in [0.3, 0.4) is 0 Å². The molecule has 2 amide bonds. The van der Waals surface area contributed by atoms with E-state index < -0.39 is 0 Å². The molecule has 0 saturated heterocycles. The summed E-state index contributed by atoms with van der Waals surface area (Å²) in [5.74, 6) is 0. The molecule has 110 valence electrons. The monoisotopic (exact) mass is 294 g/mol. The van der Waals surface area contributed by atoms with Crippen molar-refractivity contribution in [1.82, 2.24) is 20.4 Å². The maximum atomic E-state index is 12.2. The minimum atomic E-state index is 0.0253. The normalized spacial score (nSPS) is 17.7. The Morgan fingerprint density at radius 2 is 2.40 bits per heavy atom. The standard InChI is InChI=1S/C14H22N4OS/c1-3-4-6-12-7-5-10-18(12)14(19)15-9-8-13-17-16-11(2)20-13/h5,7,12H,3-4,6,8-10H2,1-2H3,(H,15,19).